The van der Waals surface area contributed by atoms with E-state index in [0.29, 0.717) is 30.3 Å². The van der Waals surface area contributed by atoms with Gasteiger partial charge in [0.15, 0.2) is 11.4 Å². The van der Waals surface area contributed by atoms with Crippen molar-refractivity contribution in [2.24, 2.45) is 0 Å². The summed E-state index contributed by atoms with van der Waals surface area (Å²) >= 11 is 0. The molecule has 1 aliphatic heterocycles. The first kappa shape index (κ1) is 15.8. The zero-order chi connectivity index (χ0) is 17.2. The number of aromatic nitrogens is 4. The lowest BCUT2D eigenvalue weighted by atomic mass is 10.1. The molecule has 1 atom stereocenters. The van der Waals surface area contributed by atoms with E-state index in [0.717, 1.165) is 24.1 Å². The van der Waals surface area contributed by atoms with Gasteiger partial charge in [-0.3, -0.25) is 4.79 Å². The molecule has 3 aromatic rings. The number of aryl methyl sites for hydroxylation is 1. The predicted molar refractivity (Wildman–Crippen MR) is 88.7 cm³/mol. The van der Waals surface area contributed by atoms with Gasteiger partial charge >= 0.3 is 0 Å². The Morgan fingerprint density at radius 1 is 1.44 bits per heavy atom. The number of para-hydroxylation sites is 1. The van der Waals surface area contributed by atoms with E-state index in [2.05, 4.69) is 20.6 Å². The van der Waals surface area contributed by atoms with Gasteiger partial charge in [0.05, 0.1) is 13.0 Å². The average molecular weight is 341 g/mol. The molecule has 1 aliphatic rings. The molecule has 0 spiro atoms. The minimum Gasteiger partial charge on any atom is -0.377 e. The van der Waals surface area contributed by atoms with Crippen LogP contribution in [0.5, 0.6) is 0 Å². The van der Waals surface area contributed by atoms with E-state index in [1.165, 1.54) is 0 Å². The fraction of sp³-hybridized carbons (Fsp3) is 0.412. The van der Waals surface area contributed by atoms with Gasteiger partial charge < -0.3 is 14.6 Å². The van der Waals surface area contributed by atoms with Crippen LogP contribution in [0.1, 0.15) is 23.8 Å². The third-order valence-corrected chi connectivity index (χ3v) is 4.32. The second-order valence-corrected chi connectivity index (χ2v) is 6.16. The van der Waals surface area contributed by atoms with Gasteiger partial charge in [-0.05, 0) is 18.6 Å². The number of nitrogens with zero attached hydrogens (tertiary/aromatic N) is 4. The Morgan fingerprint density at radius 2 is 2.32 bits per heavy atom. The average Bonchev–Trinajstić information content (AvgIpc) is 3.19. The van der Waals surface area contributed by atoms with Crippen LogP contribution in [0.15, 0.2) is 28.8 Å². The summed E-state index contributed by atoms with van der Waals surface area (Å²) in [5, 5.41) is 12.4. The maximum absolute atomic E-state index is 12.4. The largest absolute Gasteiger partial charge is 0.377 e. The summed E-state index contributed by atoms with van der Waals surface area (Å²) in [6.45, 7) is 1.02. The fourth-order valence-electron chi connectivity index (χ4n) is 3.17. The number of carbonyl (C=O) groups excluding carboxylic acids is 1. The van der Waals surface area contributed by atoms with Crippen LogP contribution in [-0.2, 0) is 35.5 Å². The predicted octanol–water partition coefficient (Wildman–Crippen LogP) is 1.24. The normalized spacial score (nSPS) is 16.8. The van der Waals surface area contributed by atoms with E-state index >= 15 is 0 Å². The molecule has 1 amide bonds. The van der Waals surface area contributed by atoms with E-state index in [-0.39, 0.29) is 18.4 Å². The van der Waals surface area contributed by atoms with Gasteiger partial charge in [-0.15, -0.1) is 0 Å². The molecule has 0 saturated heterocycles. The summed E-state index contributed by atoms with van der Waals surface area (Å²) in [6, 6.07) is 7.58. The second kappa shape index (κ2) is 6.64. The molecular formula is C17H19N5O3. The van der Waals surface area contributed by atoms with Crippen LogP contribution in [0.3, 0.4) is 0 Å². The van der Waals surface area contributed by atoms with Crippen LogP contribution in [0.25, 0.3) is 11.0 Å². The highest BCUT2D eigenvalue weighted by Gasteiger charge is 2.23. The lowest BCUT2D eigenvalue weighted by molar-refractivity contribution is -0.121. The van der Waals surface area contributed by atoms with E-state index in [9.17, 15) is 4.79 Å². The first-order valence-electron chi connectivity index (χ1n) is 8.27. The number of hydrogen-bond donors (Lipinski definition) is 1. The van der Waals surface area contributed by atoms with Gasteiger partial charge in [0, 0.05) is 25.0 Å². The second-order valence-electron chi connectivity index (χ2n) is 6.16. The quantitative estimate of drug-likeness (QED) is 0.750. The fourth-order valence-corrected chi connectivity index (χ4v) is 3.17. The van der Waals surface area contributed by atoms with E-state index < -0.39 is 0 Å². The molecule has 8 heteroatoms. The molecule has 0 aliphatic carbocycles. The number of rotatable bonds is 5. The maximum Gasteiger partial charge on any atom is 0.226 e. The summed E-state index contributed by atoms with van der Waals surface area (Å²) in [7, 11) is 1.62. The number of benzene rings is 1. The molecule has 1 aromatic carbocycles. The van der Waals surface area contributed by atoms with Crippen molar-refractivity contribution in [3.8, 4) is 0 Å². The Hall–Kier alpha value is -2.74. The number of ether oxygens (including phenoxy) is 1. The molecule has 3 heterocycles. The van der Waals surface area contributed by atoms with Crippen molar-refractivity contribution in [1.29, 1.82) is 0 Å². The molecule has 4 rings (SSSR count). The summed E-state index contributed by atoms with van der Waals surface area (Å²) in [5.41, 5.74) is 1.36. The van der Waals surface area contributed by atoms with Crippen LogP contribution in [0, 0.1) is 0 Å². The monoisotopic (exact) mass is 341 g/mol. The molecule has 1 unspecified atom stereocenters. The summed E-state index contributed by atoms with van der Waals surface area (Å²) in [5.74, 6) is 1.56. The van der Waals surface area contributed by atoms with Crippen molar-refractivity contribution in [2.45, 2.75) is 38.5 Å². The first-order chi connectivity index (χ1) is 12.2. The van der Waals surface area contributed by atoms with Crippen LogP contribution < -0.4 is 5.32 Å². The highest BCUT2D eigenvalue weighted by Crippen LogP contribution is 2.18. The number of hydrogen-bond acceptors (Lipinski definition) is 6. The topological polar surface area (TPSA) is 95.1 Å². The number of nitrogens with one attached hydrogen (secondary N) is 1. The van der Waals surface area contributed by atoms with Gasteiger partial charge in [-0.25, -0.2) is 9.67 Å². The van der Waals surface area contributed by atoms with Gasteiger partial charge in [0.25, 0.3) is 0 Å². The van der Waals surface area contributed by atoms with E-state index in [4.69, 9.17) is 9.26 Å². The third-order valence-electron chi connectivity index (χ3n) is 4.32. The highest BCUT2D eigenvalue weighted by molar-refractivity contribution is 5.86. The molecule has 2 aromatic heterocycles. The van der Waals surface area contributed by atoms with Crippen molar-refractivity contribution in [2.75, 3.05) is 7.11 Å². The van der Waals surface area contributed by atoms with E-state index in [1.807, 2.05) is 28.9 Å². The van der Waals surface area contributed by atoms with Crippen LogP contribution in [0.4, 0.5) is 0 Å². The molecule has 130 valence electrons. The van der Waals surface area contributed by atoms with Gasteiger partial charge in [-0.1, -0.05) is 17.3 Å². The molecule has 0 saturated carbocycles. The van der Waals surface area contributed by atoms with Gasteiger partial charge in [-0.2, -0.15) is 5.10 Å². The Labute approximate surface area is 144 Å². The molecular weight excluding hydrogens is 322 g/mol. The maximum atomic E-state index is 12.4. The Balaban J connectivity index is 1.39. The van der Waals surface area contributed by atoms with Crippen molar-refractivity contribution in [3.63, 3.8) is 0 Å². The SMILES string of the molecule is COCc1nc2n(n1)CC(NC(=O)Cc1noc3ccccc13)CC2. The van der Waals surface area contributed by atoms with Gasteiger partial charge in [0.1, 0.15) is 18.1 Å². The smallest absolute Gasteiger partial charge is 0.226 e. The van der Waals surface area contributed by atoms with Crippen molar-refractivity contribution < 1.29 is 14.1 Å². The minimum atomic E-state index is -0.0651. The van der Waals surface area contributed by atoms with Crippen molar-refractivity contribution in [1.82, 2.24) is 25.2 Å². The lowest BCUT2D eigenvalue weighted by Crippen LogP contribution is -2.42. The van der Waals surface area contributed by atoms with Crippen molar-refractivity contribution in [3.05, 3.63) is 41.6 Å². The van der Waals surface area contributed by atoms with Crippen LogP contribution in [0.2, 0.25) is 0 Å². The highest BCUT2D eigenvalue weighted by atomic mass is 16.5. The Bertz CT molecular complexity index is 901. The van der Waals surface area contributed by atoms with Crippen LogP contribution in [-0.4, -0.2) is 39.0 Å². The Morgan fingerprint density at radius 3 is 3.20 bits per heavy atom. The first-order valence-corrected chi connectivity index (χ1v) is 8.27. The summed E-state index contributed by atoms with van der Waals surface area (Å²) < 4.78 is 12.2. The van der Waals surface area contributed by atoms with Crippen molar-refractivity contribution >= 4 is 16.9 Å². The summed E-state index contributed by atoms with van der Waals surface area (Å²) in [6.07, 6.45) is 1.83. The molecule has 0 radical (unpaired) electrons. The lowest BCUT2D eigenvalue weighted by Gasteiger charge is -2.23. The number of carbonyl (C=O) groups is 1. The van der Waals surface area contributed by atoms with Crippen LogP contribution >= 0.6 is 0 Å². The summed E-state index contributed by atoms with van der Waals surface area (Å²) in [4.78, 5) is 16.8. The third kappa shape index (κ3) is 3.25. The Kier molecular flexibility index (Phi) is 4.19. The number of fused-ring (bicyclic) bond motifs is 2. The molecule has 25 heavy (non-hydrogen) atoms. The zero-order valence-electron chi connectivity index (χ0n) is 13.9. The van der Waals surface area contributed by atoms with E-state index in [1.54, 1.807) is 7.11 Å². The molecule has 8 nitrogen and oxygen atoms in total. The molecule has 0 fully saturated rings. The minimum absolute atomic E-state index is 0.0373. The molecule has 0 bridgehead atoms. The number of methoxy groups -OCH3 is 1. The standard InChI is InChI=1S/C17H19N5O3/c1-24-10-15-19-16-7-6-11(9-22(16)20-15)18-17(23)8-13-12-4-2-3-5-14(12)25-21-13/h2-5,11H,6-10H2,1H3,(H,18,23). The number of amides is 1. The van der Waals surface area contributed by atoms with Gasteiger partial charge in [0.2, 0.25) is 5.91 Å². The zero-order valence-corrected chi connectivity index (χ0v) is 13.9. The molecule has 1 N–H and O–H groups in total.